The summed E-state index contributed by atoms with van der Waals surface area (Å²) in [7, 11) is 0. The van der Waals surface area contributed by atoms with Crippen LogP contribution in [0.15, 0.2) is 42.5 Å². The molecule has 5 nitrogen and oxygen atoms in total. The highest BCUT2D eigenvalue weighted by atomic mass is 32.1. The number of carbonyl (C=O) groups excluding carboxylic acids is 1. The summed E-state index contributed by atoms with van der Waals surface area (Å²) in [4.78, 5) is 17.6. The SMILES string of the molecule is Cc1nc(NC(=O)c2ccccc2C(F)(F)F)sc1Cc1ccc2c(c1)OCO2. The molecule has 1 aliphatic heterocycles. The number of alkyl halides is 3. The summed E-state index contributed by atoms with van der Waals surface area (Å²) in [6.07, 6.45) is -4.06. The third-order valence-electron chi connectivity index (χ3n) is 4.39. The molecule has 0 fully saturated rings. The van der Waals surface area contributed by atoms with Gasteiger partial charge in [0.2, 0.25) is 6.79 Å². The first kappa shape index (κ1) is 19.3. The predicted octanol–water partition coefficient (Wildman–Crippen LogP) is 5.04. The van der Waals surface area contributed by atoms with Crippen LogP contribution in [0, 0.1) is 6.92 Å². The molecule has 0 saturated carbocycles. The van der Waals surface area contributed by atoms with Crippen LogP contribution in [0.1, 0.15) is 32.1 Å². The molecule has 3 aromatic rings. The zero-order chi connectivity index (χ0) is 20.6. The molecule has 2 aromatic carbocycles. The Bertz CT molecular complexity index is 1080. The number of amides is 1. The van der Waals surface area contributed by atoms with Crippen molar-refractivity contribution >= 4 is 22.4 Å². The molecule has 0 bridgehead atoms. The Hall–Kier alpha value is -3.07. The van der Waals surface area contributed by atoms with E-state index >= 15 is 0 Å². The minimum atomic E-state index is -4.61. The van der Waals surface area contributed by atoms with Gasteiger partial charge in [0, 0.05) is 11.3 Å². The highest BCUT2D eigenvalue weighted by molar-refractivity contribution is 7.15. The molecular formula is C20H15F3N2O3S. The predicted molar refractivity (Wildman–Crippen MR) is 102 cm³/mol. The molecule has 1 aromatic heterocycles. The van der Waals surface area contributed by atoms with E-state index < -0.39 is 23.2 Å². The van der Waals surface area contributed by atoms with Crippen LogP contribution in [0.5, 0.6) is 11.5 Å². The van der Waals surface area contributed by atoms with Gasteiger partial charge in [0.1, 0.15) is 0 Å². The van der Waals surface area contributed by atoms with Crippen molar-refractivity contribution in [2.45, 2.75) is 19.5 Å². The van der Waals surface area contributed by atoms with E-state index in [1.165, 1.54) is 23.5 Å². The number of rotatable bonds is 4. The molecule has 0 aliphatic carbocycles. The van der Waals surface area contributed by atoms with E-state index in [1.54, 1.807) is 6.92 Å². The molecule has 9 heteroatoms. The standard InChI is InChI=1S/C20H15F3N2O3S/c1-11-17(9-12-6-7-15-16(8-12)28-10-27-15)29-19(24-11)25-18(26)13-4-2-3-5-14(13)20(21,22)23/h2-8H,9-10H2,1H3,(H,24,25,26). The topological polar surface area (TPSA) is 60.5 Å². The van der Waals surface area contributed by atoms with Crippen molar-refractivity contribution in [1.29, 1.82) is 0 Å². The van der Waals surface area contributed by atoms with Crippen LogP contribution < -0.4 is 14.8 Å². The van der Waals surface area contributed by atoms with E-state index in [9.17, 15) is 18.0 Å². The number of anilines is 1. The van der Waals surface area contributed by atoms with Crippen LogP contribution in [0.4, 0.5) is 18.3 Å². The summed E-state index contributed by atoms with van der Waals surface area (Å²) in [6.45, 7) is 1.98. The molecule has 4 rings (SSSR count). The van der Waals surface area contributed by atoms with E-state index in [0.717, 1.165) is 22.6 Å². The average molecular weight is 420 g/mol. The number of aryl methyl sites for hydroxylation is 1. The van der Waals surface area contributed by atoms with Crippen molar-refractivity contribution in [3.63, 3.8) is 0 Å². The van der Waals surface area contributed by atoms with Crippen LogP contribution in [-0.2, 0) is 12.6 Å². The van der Waals surface area contributed by atoms with Crippen molar-refractivity contribution in [2.75, 3.05) is 12.1 Å². The number of ether oxygens (including phenoxy) is 2. The van der Waals surface area contributed by atoms with Crippen LogP contribution in [0.3, 0.4) is 0 Å². The largest absolute Gasteiger partial charge is 0.454 e. The Morgan fingerprint density at radius 1 is 1.17 bits per heavy atom. The molecule has 0 spiro atoms. The molecule has 1 N–H and O–H groups in total. The van der Waals surface area contributed by atoms with E-state index in [0.29, 0.717) is 23.6 Å². The monoisotopic (exact) mass is 420 g/mol. The lowest BCUT2D eigenvalue weighted by Crippen LogP contribution is -2.18. The van der Waals surface area contributed by atoms with Crippen molar-refractivity contribution in [1.82, 2.24) is 4.98 Å². The number of hydrogen-bond acceptors (Lipinski definition) is 5. The van der Waals surface area contributed by atoms with Gasteiger partial charge in [-0.05, 0) is 36.8 Å². The van der Waals surface area contributed by atoms with Gasteiger partial charge in [0.15, 0.2) is 16.6 Å². The first-order valence-corrected chi connectivity index (χ1v) is 9.45. The van der Waals surface area contributed by atoms with Crippen molar-refractivity contribution in [2.24, 2.45) is 0 Å². The molecule has 150 valence electrons. The smallest absolute Gasteiger partial charge is 0.417 e. The molecule has 1 aliphatic rings. The van der Waals surface area contributed by atoms with Gasteiger partial charge in [-0.25, -0.2) is 4.98 Å². The van der Waals surface area contributed by atoms with Gasteiger partial charge in [0.25, 0.3) is 5.91 Å². The maximum Gasteiger partial charge on any atom is 0.417 e. The van der Waals surface area contributed by atoms with E-state index in [1.807, 2.05) is 18.2 Å². The lowest BCUT2D eigenvalue weighted by atomic mass is 10.1. The number of halogens is 3. The normalized spacial score (nSPS) is 12.8. The number of carbonyl (C=O) groups is 1. The quantitative estimate of drug-likeness (QED) is 0.642. The summed E-state index contributed by atoms with van der Waals surface area (Å²) in [5.41, 5.74) is 0.255. The van der Waals surface area contributed by atoms with Crippen molar-refractivity contribution in [3.8, 4) is 11.5 Å². The summed E-state index contributed by atoms with van der Waals surface area (Å²) >= 11 is 1.23. The second-order valence-electron chi connectivity index (χ2n) is 6.39. The maximum atomic E-state index is 13.1. The number of benzene rings is 2. The van der Waals surface area contributed by atoms with Gasteiger partial charge < -0.3 is 9.47 Å². The third-order valence-corrected chi connectivity index (χ3v) is 5.46. The van der Waals surface area contributed by atoms with Crippen LogP contribution >= 0.6 is 11.3 Å². The third kappa shape index (κ3) is 4.04. The second kappa shape index (κ2) is 7.40. The Kier molecular flexibility index (Phi) is 4.91. The summed E-state index contributed by atoms with van der Waals surface area (Å²) in [5.74, 6) is 0.509. The molecule has 1 amide bonds. The minimum Gasteiger partial charge on any atom is -0.454 e. The van der Waals surface area contributed by atoms with Crippen LogP contribution in [0.25, 0.3) is 0 Å². The average Bonchev–Trinajstić information content (AvgIpc) is 3.27. The first-order valence-electron chi connectivity index (χ1n) is 8.63. The van der Waals surface area contributed by atoms with Crippen molar-refractivity contribution in [3.05, 3.63) is 69.7 Å². The van der Waals surface area contributed by atoms with Gasteiger partial charge in [-0.15, -0.1) is 11.3 Å². The fourth-order valence-electron chi connectivity index (χ4n) is 2.97. The number of thiazole rings is 1. The highest BCUT2D eigenvalue weighted by Crippen LogP contribution is 2.35. The highest BCUT2D eigenvalue weighted by Gasteiger charge is 2.35. The maximum absolute atomic E-state index is 13.1. The van der Waals surface area contributed by atoms with E-state index in [4.69, 9.17) is 9.47 Å². The van der Waals surface area contributed by atoms with Gasteiger partial charge in [-0.2, -0.15) is 13.2 Å². The Morgan fingerprint density at radius 3 is 2.72 bits per heavy atom. The molecule has 2 heterocycles. The lowest BCUT2D eigenvalue weighted by Gasteiger charge is -2.11. The molecular weight excluding hydrogens is 405 g/mol. The Morgan fingerprint density at radius 2 is 1.93 bits per heavy atom. The number of hydrogen-bond donors (Lipinski definition) is 1. The fourth-order valence-corrected chi connectivity index (χ4v) is 3.97. The Balaban J connectivity index is 1.52. The molecule has 0 unspecified atom stereocenters. The van der Waals surface area contributed by atoms with Gasteiger partial charge in [0.05, 0.1) is 16.8 Å². The zero-order valence-corrected chi connectivity index (χ0v) is 16.0. The summed E-state index contributed by atoms with van der Waals surface area (Å²) in [6, 6.07) is 10.3. The van der Waals surface area contributed by atoms with Gasteiger partial charge in [-0.3, -0.25) is 10.1 Å². The van der Waals surface area contributed by atoms with Crippen LogP contribution in [-0.4, -0.2) is 17.7 Å². The summed E-state index contributed by atoms with van der Waals surface area (Å²) < 4.78 is 50.1. The molecule has 29 heavy (non-hydrogen) atoms. The molecule has 0 radical (unpaired) electrons. The lowest BCUT2D eigenvalue weighted by molar-refractivity contribution is -0.137. The van der Waals surface area contributed by atoms with E-state index in [2.05, 4.69) is 10.3 Å². The summed E-state index contributed by atoms with van der Waals surface area (Å²) in [5, 5.41) is 2.73. The van der Waals surface area contributed by atoms with Crippen molar-refractivity contribution < 1.29 is 27.4 Å². The van der Waals surface area contributed by atoms with Crippen LogP contribution in [0.2, 0.25) is 0 Å². The number of aromatic nitrogens is 1. The first-order chi connectivity index (χ1) is 13.8. The Labute approximate surface area is 168 Å². The fraction of sp³-hybridized carbons (Fsp3) is 0.200. The molecule has 0 saturated heterocycles. The van der Waals surface area contributed by atoms with E-state index in [-0.39, 0.29) is 11.9 Å². The minimum absolute atomic E-state index is 0.188. The number of nitrogens with one attached hydrogen (secondary N) is 1. The van der Waals surface area contributed by atoms with Gasteiger partial charge in [-0.1, -0.05) is 18.2 Å². The number of nitrogens with zero attached hydrogens (tertiary/aromatic N) is 1. The number of fused-ring (bicyclic) bond motifs is 1. The second-order valence-corrected chi connectivity index (χ2v) is 7.47. The molecule has 0 atom stereocenters. The zero-order valence-electron chi connectivity index (χ0n) is 15.2. The van der Waals surface area contributed by atoms with Gasteiger partial charge >= 0.3 is 6.18 Å².